The molecule has 0 spiro atoms. The fourth-order valence-corrected chi connectivity index (χ4v) is 6.76. The normalized spacial score (nSPS) is 13.0. The van der Waals surface area contributed by atoms with Crippen LogP contribution in [0.25, 0.3) is 0 Å². The van der Waals surface area contributed by atoms with Crippen LogP contribution in [0.4, 0.5) is 0 Å². The molecule has 6 nitrogen and oxygen atoms in total. The quantitative estimate of drug-likeness (QED) is 0.0327. The number of aliphatic hydroxyl groups is 2. The Hall–Kier alpha value is -1.92. The monoisotopic (exact) mass is 760 g/mol. The highest BCUT2D eigenvalue weighted by Gasteiger charge is 2.18. The zero-order chi connectivity index (χ0) is 39.4. The summed E-state index contributed by atoms with van der Waals surface area (Å²) in [6.07, 6.45) is 51.2. The van der Waals surface area contributed by atoms with E-state index in [1.54, 1.807) is 6.08 Å². The summed E-state index contributed by atoms with van der Waals surface area (Å²) in [5, 5.41) is 22.9. The molecule has 316 valence electrons. The van der Waals surface area contributed by atoms with Crippen LogP contribution in [0, 0.1) is 0 Å². The first-order valence-corrected chi connectivity index (χ1v) is 23.3. The average molecular weight is 760 g/mol. The van der Waals surface area contributed by atoms with Crippen molar-refractivity contribution in [2.45, 2.75) is 244 Å². The van der Waals surface area contributed by atoms with Crippen molar-refractivity contribution < 1.29 is 24.5 Å². The fraction of sp³-hybridized carbons (Fsp3) is 0.833. The average Bonchev–Trinajstić information content (AvgIpc) is 3.17. The van der Waals surface area contributed by atoms with Crippen LogP contribution in [0.1, 0.15) is 232 Å². The molecule has 0 saturated heterocycles. The van der Waals surface area contributed by atoms with Crippen molar-refractivity contribution in [2.75, 3.05) is 13.2 Å². The van der Waals surface area contributed by atoms with E-state index in [0.717, 1.165) is 70.6 Å². The van der Waals surface area contributed by atoms with E-state index in [0.29, 0.717) is 19.4 Å². The summed E-state index contributed by atoms with van der Waals surface area (Å²) >= 11 is 0. The van der Waals surface area contributed by atoms with E-state index in [1.807, 2.05) is 6.08 Å². The molecule has 0 aliphatic heterocycles. The number of amides is 1. The number of carbonyl (C=O) groups excluding carboxylic acids is 2. The molecule has 2 atom stereocenters. The maximum atomic E-state index is 12.4. The SMILES string of the molecule is CCCC/C=C\C/C=C\CCCCCCCC(=O)OCCCCCCCCCCCCCC(=O)NC(CO)C(O)/C=C/CCCCCCCCCCCC. The topological polar surface area (TPSA) is 95.9 Å². The van der Waals surface area contributed by atoms with Gasteiger partial charge < -0.3 is 20.3 Å². The minimum atomic E-state index is -0.856. The molecule has 0 rings (SSSR count). The van der Waals surface area contributed by atoms with E-state index in [9.17, 15) is 19.8 Å². The molecule has 0 radical (unpaired) electrons. The Morgan fingerprint density at radius 3 is 1.46 bits per heavy atom. The number of nitrogens with one attached hydrogen (secondary N) is 1. The van der Waals surface area contributed by atoms with Crippen LogP contribution in [0.3, 0.4) is 0 Å². The van der Waals surface area contributed by atoms with Gasteiger partial charge in [0.2, 0.25) is 5.91 Å². The Balaban J connectivity index is 3.52. The molecule has 0 saturated carbocycles. The number of esters is 1. The lowest BCUT2D eigenvalue weighted by molar-refractivity contribution is -0.143. The van der Waals surface area contributed by atoms with Gasteiger partial charge in [0.05, 0.1) is 25.4 Å². The number of carbonyl (C=O) groups is 2. The second-order valence-corrected chi connectivity index (χ2v) is 15.7. The summed E-state index contributed by atoms with van der Waals surface area (Å²) < 4.78 is 5.44. The molecule has 0 bridgehead atoms. The smallest absolute Gasteiger partial charge is 0.305 e. The van der Waals surface area contributed by atoms with Gasteiger partial charge in [0.15, 0.2) is 0 Å². The molecular weight excluding hydrogens is 671 g/mol. The van der Waals surface area contributed by atoms with E-state index in [-0.39, 0.29) is 18.5 Å². The Kier molecular flexibility index (Phi) is 42.2. The van der Waals surface area contributed by atoms with E-state index >= 15 is 0 Å². The Morgan fingerprint density at radius 2 is 0.944 bits per heavy atom. The van der Waals surface area contributed by atoms with Crippen LogP contribution in [-0.4, -0.2) is 47.4 Å². The first kappa shape index (κ1) is 52.1. The molecule has 0 aromatic heterocycles. The largest absolute Gasteiger partial charge is 0.466 e. The van der Waals surface area contributed by atoms with Gasteiger partial charge in [0.1, 0.15) is 0 Å². The van der Waals surface area contributed by atoms with Gasteiger partial charge in [0, 0.05) is 12.8 Å². The molecule has 0 aliphatic rings. The predicted octanol–water partition coefficient (Wildman–Crippen LogP) is 13.3. The molecule has 0 aromatic carbocycles. The first-order valence-electron chi connectivity index (χ1n) is 23.3. The molecule has 54 heavy (non-hydrogen) atoms. The van der Waals surface area contributed by atoms with Gasteiger partial charge in [-0.2, -0.15) is 0 Å². The van der Waals surface area contributed by atoms with Crippen LogP contribution >= 0.6 is 0 Å². The standard InChI is InChI=1S/C48H89NO5/c1-3-5-7-9-11-13-15-17-18-22-26-30-34-38-42-48(53)54-43-39-35-31-27-23-19-21-25-29-33-37-41-47(52)49-45(44-50)46(51)40-36-32-28-24-20-16-14-12-10-8-6-4-2/h9,11,15,17,36,40,45-46,50-51H,3-8,10,12-14,16,18-35,37-39,41-44H2,1-2H3,(H,49,52)/b11-9-,17-15-,40-36+. The number of aliphatic hydroxyl groups excluding tert-OH is 2. The molecule has 3 N–H and O–H groups in total. The van der Waals surface area contributed by atoms with Gasteiger partial charge in [-0.1, -0.05) is 198 Å². The molecule has 0 aliphatic carbocycles. The third kappa shape index (κ3) is 39.8. The molecule has 6 heteroatoms. The molecule has 0 heterocycles. The van der Waals surface area contributed by atoms with E-state index in [1.165, 1.54) is 135 Å². The summed E-state index contributed by atoms with van der Waals surface area (Å²) in [5.74, 6) is -0.121. The Labute approximate surface area is 334 Å². The summed E-state index contributed by atoms with van der Waals surface area (Å²) in [6.45, 7) is 4.79. The summed E-state index contributed by atoms with van der Waals surface area (Å²) in [4.78, 5) is 24.4. The van der Waals surface area contributed by atoms with Crippen molar-refractivity contribution in [3.8, 4) is 0 Å². The van der Waals surface area contributed by atoms with E-state index < -0.39 is 12.1 Å². The predicted molar refractivity (Wildman–Crippen MR) is 232 cm³/mol. The molecular formula is C48H89NO5. The first-order chi connectivity index (χ1) is 26.5. The molecule has 0 aromatic rings. The van der Waals surface area contributed by atoms with Gasteiger partial charge in [0.25, 0.3) is 0 Å². The van der Waals surface area contributed by atoms with Crippen molar-refractivity contribution in [2.24, 2.45) is 0 Å². The lowest BCUT2D eigenvalue weighted by Gasteiger charge is -2.20. The number of unbranched alkanes of at least 4 members (excludes halogenated alkanes) is 27. The van der Waals surface area contributed by atoms with Crippen molar-refractivity contribution in [3.63, 3.8) is 0 Å². The minimum Gasteiger partial charge on any atom is -0.466 e. The molecule has 1 amide bonds. The molecule has 2 unspecified atom stereocenters. The third-order valence-electron chi connectivity index (χ3n) is 10.4. The van der Waals surface area contributed by atoms with Gasteiger partial charge in [-0.25, -0.2) is 0 Å². The number of rotatable bonds is 42. The van der Waals surface area contributed by atoms with Crippen LogP contribution in [0.2, 0.25) is 0 Å². The summed E-state index contributed by atoms with van der Waals surface area (Å²) in [5.41, 5.74) is 0. The van der Waals surface area contributed by atoms with Crippen molar-refractivity contribution in [1.82, 2.24) is 5.32 Å². The van der Waals surface area contributed by atoms with Crippen LogP contribution in [0.15, 0.2) is 36.5 Å². The zero-order valence-electron chi connectivity index (χ0n) is 35.7. The number of ether oxygens (including phenoxy) is 1. The van der Waals surface area contributed by atoms with Gasteiger partial charge in [-0.05, 0) is 57.8 Å². The minimum absolute atomic E-state index is 0.0312. The highest BCUT2D eigenvalue weighted by Crippen LogP contribution is 2.14. The number of hydrogen-bond acceptors (Lipinski definition) is 5. The van der Waals surface area contributed by atoms with Crippen LogP contribution in [-0.2, 0) is 14.3 Å². The number of hydrogen-bond donors (Lipinski definition) is 3. The lowest BCUT2D eigenvalue weighted by atomic mass is 10.0. The van der Waals surface area contributed by atoms with Crippen LogP contribution < -0.4 is 5.32 Å². The second-order valence-electron chi connectivity index (χ2n) is 15.7. The van der Waals surface area contributed by atoms with Gasteiger partial charge >= 0.3 is 5.97 Å². The van der Waals surface area contributed by atoms with Gasteiger partial charge in [-0.3, -0.25) is 9.59 Å². The Bertz CT molecular complexity index is 884. The van der Waals surface area contributed by atoms with Crippen molar-refractivity contribution in [1.29, 1.82) is 0 Å². The van der Waals surface area contributed by atoms with Crippen molar-refractivity contribution in [3.05, 3.63) is 36.5 Å². The highest BCUT2D eigenvalue weighted by molar-refractivity contribution is 5.76. The summed E-state index contributed by atoms with van der Waals surface area (Å²) in [7, 11) is 0. The van der Waals surface area contributed by atoms with Crippen molar-refractivity contribution >= 4 is 11.9 Å². The second kappa shape index (κ2) is 43.8. The maximum Gasteiger partial charge on any atom is 0.305 e. The van der Waals surface area contributed by atoms with Crippen LogP contribution in [0.5, 0.6) is 0 Å². The van der Waals surface area contributed by atoms with E-state index in [2.05, 4.69) is 43.5 Å². The zero-order valence-corrected chi connectivity index (χ0v) is 35.7. The lowest BCUT2D eigenvalue weighted by Crippen LogP contribution is -2.45. The number of allylic oxidation sites excluding steroid dienone is 5. The fourth-order valence-electron chi connectivity index (χ4n) is 6.76. The highest BCUT2D eigenvalue weighted by atomic mass is 16.5. The van der Waals surface area contributed by atoms with Gasteiger partial charge in [-0.15, -0.1) is 0 Å². The third-order valence-corrected chi connectivity index (χ3v) is 10.4. The molecule has 0 fully saturated rings. The Morgan fingerprint density at radius 1 is 0.519 bits per heavy atom. The maximum absolute atomic E-state index is 12.4. The van der Waals surface area contributed by atoms with E-state index in [4.69, 9.17) is 4.74 Å². The summed E-state index contributed by atoms with van der Waals surface area (Å²) in [6, 6.07) is -0.641.